The van der Waals surface area contributed by atoms with Crippen LogP contribution in [0.3, 0.4) is 0 Å². The van der Waals surface area contributed by atoms with Gasteiger partial charge in [0.15, 0.2) is 11.5 Å². The van der Waals surface area contributed by atoms with Crippen LogP contribution in [-0.4, -0.2) is 62.0 Å². The molecule has 1 fully saturated rings. The molecule has 1 N–H and O–H groups in total. The summed E-state index contributed by atoms with van der Waals surface area (Å²) in [6.45, 7) is 3.18. The maximum Gasteiger partial charge on any atom is 0.231 e. The molecule has 0 aromatic heterocycles. The number of sulfonamides is 1. The fourth-order valence-corrected chi connectivity index (χ4v) is 3.65. The first-order chi connectivity index (χ1) is 10.4. The molecule has 0 aliphatic carbocycles. The second-order valence-electron chi connectivity index (χ2n) is 5.63. The van der Waals surface area contributed by atoms with Crippen molar-refractivity contribution in [3.05, 3.63) is 17.7 Å². The zero-order chi connectivity index (χ0) is 15.7. The number of fused-ring (bicyclic) bond motifs is 1. The van der Waals surface area contributed by atoms with Gasteiger partial charge in [-0.25, -0.2) is 12.7 Å². The first-order valence-corrected chi connectivity index (χ1v) is 9.07. The zero-order valence-corrected chi connectivity index (χ0v) is 13.3. The van der Waals surface area contributed by atoms with Gasteiger partial charge in [-0.05, 0) is 19.0 Å². The Kier molecular flexibility index (Phi) is 4.16. The summed E-state index contributed by atoms with van der Waals surface area (Å²) < 4.78 is 35.3. The number of nitrogens with zero attached hydrogens (tertiary/aromatic N) is 2. The first-order valence-electron chi connectivity index (χ1n) is 7.22. The van der Waals surface area contributed by atoms with E-state index in [1.54, 1.807) is 12.1 Å². The summed E-state index contributed by atoms with van der Waals surface area (Å²) in [5, 5.41) is 10.1. The van der Waals surface area contributed by atoms with E-state index in [0.29, 0.717) is 37.7 Å². The number of ether oxygens (including phenoxy) is 2. The zero-order valence-electron chi connectivity index (χ0n) is 12.5. The van der Waals surface area contributed by atoms with Gasteiger partial charge in [-0.1, -0.05) is 0 Å². The molecule has 0 atom stereocenters. The van der Waals surface area contributed by atoms with Crippen LogP contribution in [0.4, 0.5) is 0 Å². The summed E-state index contributed by atoms with van der Waals surface area (Å²) in [6.07, 6.45) is 2.02. The van der Waals surface area contributed by atoms with Crippen LogP contribution in [0, 0.1) is 0 Å². The van der Waals surface area contributed by atoms with Gasteiger partial charge in [-0.2, -0.15) is 0 Å². The Morgan fingerprint density at radius 1 is 1.14 bits per heavy atom. The van der Waals surface area contributed by atoms with Crippen molar-refractivity contribution in [3.8, 4) is 17.2 Å². The fraction of sp³-hybridized carbons (Fsp3) is 0.571. The molecule has 122 valence electrons. The van der Waals surface area contributed by atoms with Crippen molar-refractivity contribution in [1.29, 1.82) is 0 Å². The highest BCUT2D eigenvalue weighted by molar-refractivity contribution is 7.88. The third-order valence-corrected chi connectivity index (χ3v) is 5.29. The van der Waals surface area contributed by atoms with Crippen LogP contribution in [0.25, 0.3) is 0 Å². The topological polar surface area (TPSA) is 79.3 Å². The van der Waals surface area contributed by atoms with Crippen LogP contribution in [0.15, 0.2) is 12.1 Å². The fourth-order valence-electron chi connectivity index (χ4n) is 2.78. The predicted molar refractivity (Wildman–Crippen MR) is 80.5 cm³/mol. The largest absolute Gasteiger partial charge is 0.507 e. The minimum Gasteiger partial charge on any atom is -0.507 e. The van der Waals surface area contributed by atoms with Crippen molar-refractivity contribution in [2.24, 2.45) is 0 Å². The lowest BCUT2D eigenvalue weighted by atomic mass is 10.1. The van der Waals surface area contributed by atoms with Crippen molar-refractivity contribution in [2.75, 3.05) is 39.2 Å². The van der Waals surface area contributed by atoms with Crippen molar-refractivity contribution in [3.63, 3.8) is 0 Å². The van der Waals surface area contributed by atoms with Crippen molar-refractivity contribution < 1.29 is 23.0 Å². The van der Waals surface area contributed by atoms with Crippen LogP contribution in [0.5, 0.6) is 17.2 Å². The molecule has 0 amide bonds. The smallest absolute Gasteiger partial charge is 0.231 e. The minimum atomic E-state index is -3.14. The van der Waals surface area contributed by atoms with Crippen LogP contribution < -0.4 is 9.47 Å². The Labute approximate surface area is 130 Å². The van der Waals surface area contributed by atoms with Gasteiger partial charge in [0.05, 0.1) is 6.26 Å². The monoisotopic (exact) mass is 328 g/mol. The Morgan fingerprint density at radius 3 is 2.59 bits per heavy atom. The van der Waals surface area contributed by atoms with Gasteiger partial charge in [-0.15, -0.1) is 0 Å². The normalized spacial score (nSPS) is 20.0. The van der Waals surface area contributed by atoms with Gasteiger partial charge in [0, 0.05) is 37.8 Å². The van der Waals surface area contributed by atoms with Crippen LogP contribution in [0.1, 0.15) is 12.0 Å². The second-order valence-corrected chi connectivity index (χ2v) is 7.61. The number of benzene rings is 1. The first kappa shape index (κ1) is 15.4. The molecule has 1 saturated heterocycles. The molecule has 0 spiro atoms. The molecule has 1 aromatic rings. The van der Waals surface area contributed by atoms with Gasteiger partial charge in [-0.3, -0.25) is 4.90 Å². The van der Waals surface area contributed by atoms with E-state index in [2.05, 4.69) is 4.90 Å². The van der Waals surface area contributed by atoms with E-state index >= 15 is 0 Å². The molecule has 2 heterocycles. The molecule has 0 unspecified atom stereocenters. The molecule has 2 aliphatic rings. The molecule has 2 aliphatic heterocycles. The highest BCUT2D eigenvalue weighted by Gasteiger charge is 2.23. The summed E-state index contributed by atoms with van der Waals surface area (Å²) in [4.78, 5) is 2.14. The lowest BCUT2D eigenvalue weighted by Gasteiger charge is -2.21. The van der Waals surface area contributed by atoms with Crippen LogP contribution in [0.2, 0.25) is 0 Å². The molecule has 3 rings (SSSR count). The van der Waals surface area contributed by atoms with E-state index in [1.807, 2.05) is 0 Å². The number of phenols is 1. The Balaban J connectivity index is 1.69. The van der Waals surface area contributed by atoms with Gasteiger partial charge in [0.2, 0.25) is 16.8 Å². The van der Waals surface area contributed by atoms with Crippen molar-refractivity contribution in [2.45, 2.75) is 13.0 Å². The minimum absolute atomic E-state index is 0.172. The lowest BCUT2D eigenvalue weighted by molar-refractivity contribution is 0.174. The third-order valence-electron chi connectivity index (χ3n) is 3.98. The van der Waals surface area contributed by atoms with Gasteiger partial charge < -0.3 is 14.6 Å². The molecule has 0 radical (unpaired) electrons. The van der Waals surface area contributed by atoms with E-state index in [-0.39, 0.29) is 12.5 Å². The third kappa shape index (κ3) is 3.29. The van der Waals surface area contributed by atoms with Gasteiger partial charge in [0.25, 0.3) is 0 Å². The number of aromatic hydroxyl groups is 1. The number of phenolic OH excluding ortho intramolecular Hbond substituents is 1. The molecule has 8 heteroatoms. The van der Waals surface area contributed by atoms with E-state index < -0.39 is 10.0 Å². The summed E-state index contributed by atoms with van der Waals surface area (Å²) in [5.41, 5.74) is 0.761. The number of rotatable bonds is 3. The van der Waals surface area contributed by atoms with Gasteiger partial charge >= 0.3 is 0 Å². The van der Waals surface area contributed by atoms with Crippen molar-refractivity contribution in [1.82, 2.24) is 9.21 Å². The average Bonchev–Trinajstić information content (AvgIpc) is 2.74. The standard InChI is InChI=1S/C14H20N2O5S/c1-22(18,19)16-4-2-3-15(5-6-16)9-11-7-13-14(8-12(11)17)21-10-20-13/h7-8,17H,2-6,9-10H2,1H3. The van der Waals surface area contributed by atoms with E-state index in [4.69, 9.17) is 9.47 Å². The SMILES string of the molecule is CS(=O)(=O)N1CCCN(Cc2cc3c(cc2O)OCO3)CC1. The molecule has 0 saturated carbocycles. The summed E-state index contributed by atoms with van der Waals surface area (Å²) in [5.74, 6) is 1.37. The van der Waals surface area contributed by atoms with Crippen LogP contribution >= 0.6 is 0 Å². The Hall–Kier alpha value is -1.51. The van der Waals surface area contributed by atoms with Gasteiger partial charge in [0.1, 0.15) is 5.75 Å². The molecule has 22 heavy (non-hydrogen) atoms. The van der Waals surface area contributed by atoms with Crippen LogP contribution in [-0.2, 0) is 16.6 Å². The maximum absolute atomic E-state index is 11.6. The highest BCUT2D eigenvalue weighted by Crippen LogP contribution is 2.38. The molecule has 0 bridgehead atoms. The maximum atomic E-state index is 11.6. The van der Waals surface area contributed by atoms with E-state index in [9.17, 15) is 13.5 Å². The number of hydrogen-bond acceptors (Lipinski definition) is 6. The number of hydrogen-bond donors (Lipinski definition) is 1. The molecule has 7 nitrogen and oxygen atoms in total. The molecular weight excluding hydrogens is 308 g/mol. The Bertz CT molecular complexity index is 661. The van der Waals surface area contributed by atoms with Crippen molar-refractivity contribution >= 4 is 10.0 Å². The molecule has 1 aromatic carbocycles. The lowest BCUT2D eigenvalue weighted by Crippen LogP contribution is -2.34. The predicted octanol–water partition coefficient (Wildman–Crippen LogP) is 0.588. The van der Waals surface area contributed by atoms with E-state index in [1.165, 1.54) is 10.6 Å². The van der Waals surface area contributed by atoms with E-state index in [0.717, 1.165) is 18.5 Å². The molecular formula is C14H20N2O5S. The Morgan fingerprint density at radius 2 is 1.86 bits per heavy atom. The second kappa shape index (κ2) is 5.94. The highest BCUT2D eigenvalue weighted by atomic mass is 32.2. The summed E-state index contributed by atoms with van der Waals surface area (Å²) in [6, 6.07) is 3.36. The average molecular weight is 328 g/mol. The summed E-state index contributed by atoms with van der Waals surface area (Å²) >= 11 is 0. The quantitative estimate of drug-likeness (QED) is 0.875. The summed E-state index contributed by atoms with van der Waals surface area (Å²) in [7, 11) is -3.14.